The maximum Gasteiger partial charge on any atom is 0.125 e. The molecule has 27 heavy (non-hydrogen) atoms. The Bertz CT molecular complexity index is 824. The topological polar surface area (TPSA) is 30.5 Å². The molecule has 1 unspecified atom stereocenters. The summed E-state index contributed by atoms with van der Waals surface area (Å²) in [4.78, 5) is 0. The number of hydrogen-bond donors (Lipinski definition) is 1. The van der Waals surface area contributed by atoms with E-state index in [1.54, 1.807) is 0 Å². The molecule has 0 aliphatic carbocycles. The first-order valence-corrected chi connectivity index (χ1v) is 9.35. The van der Waals surface area contributed by atoms with Gasteiger partial charge in [0.1, 0.15) is 24.2 Å². The third kappa shape index (κ3) is 5.52. The first kappa shape index (κ1) is 18.8. The Morgan fingerprint density at radius 2 is 1.48 bits per heavy atom. The van der Waals surface area contributed by atoms with Crippen molar-refractivity contribution in [1.82, 2.24) is 0 Å². The standard InChI is InChI=1S/C24H27NO2/c1-18-8-7-9-19(2)24(18)27-20(3)16-25-22-12-14-23(15-13-22)26-17-21-10-5-4-6-11-21/h4-15,20,25H,16-17H2,1-3H3. The third-order valence-corrected chi connectivity index (χ3v) is 4.42. The fourth-order valence-corrected chi connectivity index (χ4v) is 2.90. The average Bonchev–Trinajstić information content (AvgIpc) is 2.69. The van der Waals surface area contributed by atoms with Crippen LogP contribution >= 0.6 is 0 Å². The number of aryl methyl sites for hydroxylation is 2. The Morgan fingerprint density at radius 3 is 2.15 bits per heavy atom. The Kier molecular flexibility index (Phi) is 6.37. The van der Waals surface area contributed by atoms with Crippen LogP contribution in [0.2, 0.25) is 0 Å². The van der Waals surface area contributed by atoms with Gasteiger partial charge in [0.05, 0.1) is 6.54 Å². The minimum absolute atomic E-state index is 0.0683. The molecule has 3 rings (SSSR count). The number of hydrogen-bond acceptors (Lipinski definition) is 3. The van der Waals surface area contributed by atoms with Crippen molar-refractivity contribution in [3.05, 3.63) is 89.5 Å². The first-order valence-electron chi connectivity index (χ1n) is 9.35. The molecule has 0 spiro atoms. The normalized spacial score (nSPS) is 11.7. The summed E-state index contributed by atoms with van der Waals surface area (Å²) in [5.74, 6) is 1.85. The van der Waals surface area contributed by atoms with Gasteiger partial charge in [0, 0.05) is 5.69 Å². The van der Waals surface area contributed by atoms with Gasteiger partial charge >= 0.3 is 0 Å². The van der Waals surface area contributed by atoms with Gasteiger partial charge in [0.25, 0.3) is 0 Å². The van der Waals surface area contributed by atoms with E-state index in [0.29, 0.717) is 6.61 Å². The predicted octanol–water partition coefficient (Wildman–Crippen LogP) is 5.76. The highest BCUT2D eigenvalue weighted by Crippen LogP contribution is 2.24. The van der Waals surface area contributed by atoms with Gasteiger partial charge < -0.3 is 14.8 Å². The molecular weight excluding hydrogens is 334 g/mol. The van der Waals surface area contributed by atoms with Crippen LogP contribution in [0.25, 0.3) is 0 Å². The van der Waals surface area contributed by atoms with Crippen LogP contribution in [0, 0.1) is 13.8 Å². The highest BCUT2D eigenvalue weighted by atomic mass is 16.5. The molecule has 0 amide bonds. The van der Waals surface area contributed by atoms with Crippen LogP contribution < -0.4 is 14.8 Å². The fourth-order valence-electron chi connectivity index (χ4n) is 2.90. The second-order valence-electron chi connectivity index (χ2n) is 6.83. The van der Waals surface area contributed by atoms with Gasteiger partial charge in [-0.2, -0.15) is 0 Å². The van der Waals surface area contributed by atoms with Crippen molar-refractivity contribution in [3.8, 4) is 11.5 Å². The van der Waals surface area contributed by atoms with Gasteiger partial charge in [-0.1, -0.05) is 48.5 Å². The lowest BCUT2D eigenvalue weighted by atomic mass is 10.1. The molecule has 0 fully saturated rings. The molecule has 0 aliphatic heterocycles. The zero-order valence-corrected chi connectivity index (χ0v) is 16.2. The SMILES string of the molecule is Cc1cccc(C)c1OC(C)CNc1ccc(OCc2ccccc2)cc1. The van der Waals surface area contributed by atoms with Crippen LogP contribution in [-0.2, 0) is 6.61 Å². The van der Waals surface area contributed by atoms with Crippen molar-refractivity contribution in [3.63, 3.8) is 0 Å². The van der Waals surface area contributed by atoms with E-state index in [2.05, 4.69) is 56.4 Å². The van der Waals surface area contributed by atoms with Crippen LogP contribution in [-0.4, -0.2) is 12.6 Å². The van der Waals surface area contributed by atoms with Crippen LogP contribution in [0.1, 0.15) is 23.6 Å². The van der Waals surface area contributed by atoms with E-state index in [1.165, 1.54) is 11.1 Å². The fraction of sp³-hybridized carbons (Fsp3) is 0.250. The van der Waals surface area contributed by atoms with Crippen molar-refractivity contribution < 1.29 is 9.47 Å². The molecule has 0 radical (unpaired) electrons. The second kappa shape index (κ2) is 9.13. The smallest absolute Gasteiger partial charge is 0.125 e. The molecule has 3 nitrogen and oxygen atoms in total. The van der Waals surface area contributed by atoms with E-state index in [9.17, 15) is 0 Å². The Labute approximate surface area is 162 Å². The van der Waals surface area contributed by atoms with Crippen molar-refractivity contribution >= 4 is 5.69 Å². The molecule has 0 bridgehead atoms. The number of anilines is 1. The zero-order valence-electron chi connectivity index (χ0n) is 16.2. The largest absolute Gasteiger partial charge is 0.489 e. The van der Waals surface area contributed by atoms with E-state index in [0.717, 1.165) is 29.3 Å². The molecule has 0 aromatic heterocycles. The monoisotopic (exact) mass is 361 g/mol. The highest BCUT2D eigenvalue weighted by molar-refractivity contribution is 5.46. The minimum atomic E-state index is 0.0683. The van der Waals surface area contributed by atoms with E-state index < -0.39 is 0 Å². The number of ether oxygens (including phenoxy) is 2. The molecule has 0 heterocycles. The first-order chi connectivity index (χ1) is 13.1. The molecule has 3 heteroatoms. The molecule has 0 saturated carbocycles. The van der Waals surface area contributed by atoms with E-state index >= 15 is 0 Å². The molecule has 0 saturated heterocycles. The molecule has 0 aliphatic rings. The molecule has 1 atom stereocenters. The van der Waals surface area contributed by atoms with Gasteiger partial charge in [-0.3, -0.25) is 0 Å². The van der Waals surface area contributed by atoms with Crippen LogP contribution in [0.15, 0.2) is 72.8 Å². The summed E-state index contributed by atoms with van der Waals surface area (Å²) in [5, 5.41) is 3.42. The Hall–Kier alpha value is -2.94. The van der Waals surface area contributed by atoms with Crippen molar-refractivity contribution in [2.45, 2.75) is 33.5 Å². The van der Waals surface area contributed by atoms with Gasteiger partial charge in [0.2, 0.25) is 0 Å². The van der Waals surface area contributed by atoms with E-state index in [4.69, 9.17) is 9.47 Å². The Morgan fingerprint density at radius 1 is 0.815 bits per heavy atom. The summed E-state index contributed by atoms with van der Waals surface area (Å²) in [7, 11) is 0. The molecule has 3 aromatic carbocycles. The van der Waals surface area contributed by atoms with Gasteiger partial charge in [-0.25, -0.2) is 0 Å². The average molecular weight is 361 g/mol. The summed E-state index contributed by atoms with van der Waals surface area (Å²) in [6.07, 6.45) is 0.0683. The summed E-state index contributed by atoms with van der Waals surface area (Å²) in [5.41, 5.74) is 4.56. The predicted molar refractivity (Wildman–Crippen MR) is 112 cm³/mol. The van der Waals surface area contributed by atoms with Gasteiger partial charge in [0.15, 0.2) is 0 Å². The quantitative estimate of drug-likeness (QED) is 0.553. The van der Waals surface area contributed by atoms with E-state index in [1.807, 2.05) is 42.5 Å². The maximum atomic E-state index is 6.12. The summed E-state index contributed by atoms with van der Waals surface area (Å²) in [6.45, 7) is 7.55. The maximum absolute atomic E-state index is 6.12. The van der Waals surface area contributed by atoms with Crippen molar-refractivity contribution in [1.29, 1.82) is 0 Å². The molecule has 1 N–H and O–H groups in total. The zero-order chi connectivity index (χ0) is 19.1. The second-order valence-corrected chi connectivity index (χ2v) is 6.83. The molecule has 3 aromatic rings. The number of benzene rings is 3. The molecular formula is C24H27NO2. The summed E-state index contributed by atoms with van der Waals surface area (Å²) >= 11 is 0. The minimum Gasteiger partial charge on any atom is -0.489 e. The highest BCUT2D eigenvalue weighted by Gasteiger charge is 2.09. The van der Waals surface area contributed by atoms with Gasteiger partial charge in [-0.15, -0.1) is 0 Å². The lowest BCUT2D eigenvalue weighted by Crippen LogP contribution is -2.23. The number of rotatable bonds is 8. The summed E-state index contributed by atoms with van der Waals surface area (Å²) in [6, 6.07) is 24.4. The lowest BCUT2D eigenvalue weighted by molar-refractivity contribution is 0.231. The third-order valence-electron chi connectivity index (χ3n) is 4.42. The summed E-state index contributed by atoms with van der Waals surface area (Å²) < 4.78 is 11.9. The van der Waals surface area contributed by atoms with E-state index in [-0.39, 0.29) is 6.10 Å². The van der Waals surface area contributed by atoms with Crippen molar-refractivity contribution in [2.24, 2.45) is 0 Å². The number of nitrogens with one attached hydrogen (secondary N) is 1. The van der Waals surface area contributed by atoms with Crippen LogP contribution in [0.3, 0.4) is 0 Å². The lowest BCUT2D eigenvalue weighted by Gasteiger charge is -2.19. The molecule has 140 valence electrons. The Balaban J connectivity index is 1.48. The van der Waals surface area contributed by atoms with Crippen LogP contribution in [0.5, 0.6) is 11.5 Å². The van der Waals surface area contributed by atoms with Crippen LogP contribution in [0.4, 0.5) is 5.69 Å². The van der Waals surface area contributed by atoms with Crippen molar-refractivity contribution in [2.75, 3.05) is 11.9 Å². The van der Waals surface area contributed by atoms with Gasteiger partial charge in [-0.05, 0) is 61.7 Å². The number of para-hydroxylation sites is 1.